The zero-order valence-corrected chi connectivity index (χ0v) is 26.0. The van der Waals surface area contributed by atoms with E-state index < -0.39 is 5.60 Å². The van der Waals surface area contributed by atoms with E-state index in [0.29, 0.717) is 30.7 Å². The Balaban J connectivity index is 1.25. The zero-order valence-electron chi connectivity index (χ0n) is 26.0. The molecule has 3 atom stereocenters. The second-order valence-electron chi connectivity index (χ2n) is 13.2. The first kappa shape index (κ1) is 30.1. The van der Waals surface area contributed by atoms with E-state index in [1.54, 1.807) is 0 Å². The molecule has 0 aliphatic carbocycles. The van der Waals surface area contributed by atoms with Crippen LogP contribution in [0.4, 0.5) is 4.79 Å². The van der Waals surface area contributed by atoms with E-state index in [9.17, 15) is 4.79 Å². The maximum atomic E-state index is 12.9. The molecular weight excluding hydrogens is 526 g/mol. The van der Waals surface area contributed by atoms with Crippen LogP contribution in [0.25, 0.3) is 0 Å². The van der Waals surface area contributed by atoms with Crippen molar-refractivity contribution in [3.8, 4) is 5.75 Å². The average molecular weight is 574 g/mol. The van der Waals surface area contributed by atoms with Crippen LogP contribution in [0.15, 0.2) is 54.6 Å². The van der Waals surface area contributed by atoms with Gasteiger partial charge in [-0.3, -0.25) is 4.90 Å². The fourth-order valence-corrected chi connectivity index (χ4v) is 6.64. The smallest absolute Gasteiger partial charge is 0.408 e. The van der Waals surface area contributed by atoms with Gasteiger partial charge in [-0.05, 0) is 83.1 Å². The molecule has 2 bridgehead atoms. The summed E-state index contributed by atoms with van der Waals surface area (Å²) in [7, 11) is 0. The molecule has 1 amide bonds. The number of carbonyl (C=O) groups excluding carboxylic acids is 1. The molecule has 0 radical (unpaired) electrons. The topological polar surface area (TPSA) is 81.5 Å². The first-order valence-corrected chi connectivity index (χ1v) is 15.5. The summed E-state index contributed by atoms with van der Waals surface area (Å²) in [6, 6.07) is 19.6. The quantitative estimate of drug-likeness (QED) is 0.278. The van der Waals surface area contributed by atoms with Gasteiger partial charge in [0.2, 0.25) is 0 Å². The van der Waals surface area contributed by atoms with Crippen LogP contribution in [-0.4, -0.2) is 50.0 Å². The second kappa shape index (κ2) is 12.9. The number of fused-ring (bicyclic) bond motifs is 2. The molecule has 2 fully saturated rings. The SMILES string of the molecule is Cc1nnc(C(C)C)n1C1CC2CCC(C1)N2CC[C@H](NC(=O)OC(C)(C)C)c1ccc(OCc2ccccc2)cc1. The summed E-state index contributed by atoms with van der Waals surface area (Å²) in [5.41, 5.74) is 1.63. The van der Waals surface area contributed by atoms with Crippen molar-refractivity contribution in [2.24, 2.45) is 0 Å². The van der Waals surface area contributed by atoms with Crippen LogP contribution in [-0.2, 0) is 11.3 Å². The number of ether oxygens (including phenoxy) is 2. The minimum absolute atomic E-state index is 0.159. The first-order valence-electron chi connectivity index (χ1n) is 15.5. The molecule has 3 heterocycles. The Morgan fingerprint density at radius 2 is 1.64 bits per heavy atom. The Labute approximate surface area is 250 Å². The van der Waals surface area contributed by atoms with Crippen LogP contribution in [0, 0.1) is 6.92 Å². The van der Waals surface area contributed by atoms with E-state index >= 15 is 0 Å². The Morgan fingerprint density at radius 1 is 0.976 bits per heavy atom. The van der Waals surface area contributed by atoms with Crippen LogP contribution in [0.2, 0.25) is 0 Å². The lowest BCUT2D eigenvalue weighted by Crippen LogP contribution is -2.45. The van der Waals surface area contributed by atoms with Crippen molar-refractivity contribution >= 4 is 6.09 Å². The van der Waals surface area contributed by atoms with Crippen molar-refractivity contribution in [2.45, 2.75) is 116 Å². The number of amides is 1. The second-order valence-corrected chi connectivity index (χ2v) is 13.2. The fourth-order valence-electron chi connectivity index (χ4n) is 6.64. The van der Waals surface area contributed by atoms with E-state index in [-0.39, 0.29) is 12.1 Å². The van der Waals surface area contributed by atoms with E-state index in [2.05, 4.69) is 70.0 Å². The number of hydrogen-bond donors (Lipinski definition) is 1. The lowest BCUT2D eigenvalue weighted by atomic mass is 9.95. The highest BCUT2D eigenvalue weighted by molar-refractivity contribution is 5.68. The van der Waals surface area contributed by atoms with Crippen LogP contribution in [0.3, 0.4) is 0 Å². The molecule has 8 heteroatoms. The Morgan fingerprint density at radius 3 is 2.26 bits per heavy atom. The van der Waals surface area contributed by atoms with Gasteiger partial charge in [0.15, 0.2) is 0 Å². The minimum atomic E-state index is -0.556. The van der Waals surface area contributed by atoms with Gasteiger partial charge in [-0.1, -0.05) is 56.3 Å². The molecule has 8 nitrogen and oxygen atoms in total. The van der Waals surface area contributed by atoms with Crippen LogP contribution >= 0.6 is 0 Å². The molecule has 42 heavy (non-hydrogen) atoms. The van der Waals surface area contributed by atoms with Crippen molar-refractivity contribution in [2.75, 3.05) is 6.54 Å². The molecule has 2 aliphatic heterocycles. The number of alkyl carbamates (subject to hydrolysis) is 1. The monoisotopic (exact) mass is 573 g/mol. The summed E-state index contributed by atoms with van der Waals surface area (Å²) in [6.07, 6.45) is 5.10. The van der Waals surface area contributed by atoms with Gasteiger partial charge >= 0.3 is 6.09 Å². The molecule has 0 saturated carbocycles. The molecule has 2 saturated heterocycles. The van der Waals surface area contributed by atoms with Crippen LogP contribution < -0.4 is 10.1 Å². The van der Waals surface area contributed by atoms with Crippen LogP contribution in [0.5, 0.6) is 5.75 Å². The summed E-state index contributed by atoms with van der Waals surface area (Å²) in [6.45, 7) is 13.6. The molecule has 0 spiro atoms. The highest BCUT2D eigenvalue weighted by Gasteiger charge is 2.42. The normalized spacial score (nSPS) is 21.4. The van der Waals surface area contributed by atoms with Crippen molar-refractivity contribution in [1.82, 2.24) is 25.0 Å². The Hall–Kier alpha value is -3.39. The fraction of sp³-hybridized carbons (Fsp3) is 0.559. The number of hydrogen-bond acceptors (Lipinski definition) is 6. The first-order chi connectivity index (χ1) is 20.1. The molecule has 2 unspecified atom stereocenters. The summed E-state index contributed by atoms with van der Waals surface area (Å²) in [4.78, 5) is 15.6. The van der Waals surface area contributed by atoms with Gasteiger partial charge in [-0.25, -0.2) is 4.79 Å². The molecule has 3 aromatic rings. The molecule has 1 aromatic heterocycles. The van der Waals surface area contributed by atoms with Gasteiger partial charge in [0, 0.05) is 30.6 Å². The molecule has 1 N–H and O–H groups in total. The molecule has 2 aliphatic rings. The molecule has 226 valence electrons. The Bertz CT molecular complexity index is 1300. The van der Waals surface area contributed by atoms with Crippen LogP contribution in [0.1, 0.15) is 108 Å². The van der Waals surface area contributed by atoms with Gasteiger partial charge in [-0.2, -0.15) is 0 Å². The lowest BCUT2D eigenvalue weighted by molar-refractivity contribution is 0.0488. The van der Waals surface area contributed by atoms with E-state index in [4.69, 9.17) is 9.47 Å². The van der Waals surface area contributed by atoms with Crippen molar-refractivity contribution in [3.63, 3.8) is 0 Å². The minimum Gasteiger partial charge on any atom is -0.489 e. The van der Waals surface area contributed by atoms with Gasteiger partial charge in [-0.15, -0.1) is 10.2 Å². The number of aromatic nitrogens is 3. The van der Waals surface area contributed by atoms with E-state index in [1.807, 2.05) is 51.1 Å². The lowest BCUT2D eigenvalue weighted by Gasteiger charge is -2.40. The summed E-state index contributed by atoms with van der Waals surface area (Å²) in [5, 5.41) is 12.1. The molecular formula is C34H47N5O3. The third-order valence-corrected chi connectivity index (χ3v) is 8.53. The average Bonchev–Trinajstić information content (AvgIpc) is 3.44. The van der Waals surface area contributed by atoms with Crippen molar-refractivity contribution in [3.05, 3.63) is 77.4 Å². The third-order valence-electron chi connectivity index (χ3n) is 8.53. The van der Waals surface area contributed by atoms with Crippen molar-refractivity contribution in [1.29, 1.82) is 0 Å². The number of rotatable bonds is 10. The third kappa shape index (κ3) is 7.33. The number of piperidine rings is 1. The number of carbonyl (C=O) groups is 1. The number of nitrogens with zero attached hydrogens (tertiary/aromatic N) is 4. The summed E-state index contributed by atoms with van der Waals surface area (Å²) in [5.74, 6) is 3.29. The van der Waals surface area contributed by atoms with Gasteiger partial charge < -0.3 is 19.4 Å². The predicted octanol–water partition coefficient (Wildman–Crippen LogP) is 7.11. The summed E-state index contributed by atoms with van der Waals surface area (Å²) < 4.78 is 14.1. The van der Waals surface area contributed by atoms with Gasteiger partial charge in [0.25, 0.3) is 0 Å². The van der Waals surface area contributed by atoms with Gasteiger partial charge in [0.05, 0.1) is 6.04 Å². The Kier molecular flexibility index (Phi) is 9.21. The van der Waals surface area contributed by atoms with Gasteiger partial charge in [0.1, 0.15) is 29.6 Å². The zero-order chi connectivity index (χ0) is 29.9. The number of benzene rings is 2. The largest absolute Gasteiger partial charge is 0.489 e. The number of aryl methyl sites for hydroxylation is 1. The predicted molar refractivity (Wildman–Crippen MR) is 165 cm³/mol. The van der Waals surface area contributed by atoms with Crippen molar-refractivity contribution < 1.29 is 14.3 Å². The van der Waals surface area contributed by atoms with E-state index in [1.165, 1.54) is 12.8 Å². The maximum Gasteiger partial charge on any atom is 0.408 e. The highest BCUT2D eigenvalue weighted by atomic mass is 16.6. The highest BCUT2D eigenvalue weighted by Crippen LogP contribution is 2.42. The number of nitrogens with one attached hydrogen (secondary N) is 1. The van der Waals surface area contributed by atoms with E-state index in [0.717, 1.165) is 54.3 Å². The summed E-state index contributed by atoms with van der Waals surface area (Å²) >= 11 is 0. The molecule has 5 rings (SSSR count). The standard InChI is InChI=1S/C34H47N5O3/c1-23(2)32-37-36-24(3)39(32)29-20-27-14-15-28(21-29)38(27)19-18-31(35-33(40)42-34(4,5)6)26-12-16-30(17-13-26)41-22-25-10-8-7-9-11-25/h7-13,16-17,23,27-29,31H,14-15,18-22H2,1-6H3,(H,35,40)/t27?,28?,29?,31-/m0/s1. The molecule has 2 aromatic carbocycles. The maximum absolute atomic E-state index is 12.9.